The second-order valence-corrected chi connectivity index (χ2v) is 5.62. The first-order chi connectivity index (χ1) is 8.08. The highest BCUT2D eigenvalue weighted by Gasteiger charge is 2.21. The Bertz CT molecular complexity index is 450. The molecule has 0 aliphatic carbocycles. The first-order valence-corrected chi connectivity index (χ1v) is 6.84. The number of fused-ring (bicyclic) bond motifs is 1. The quantitative estimate of drug-likeness (QED) is 0.917. The van der Waals surface area contributed by atoms with Gasteiger partial charge in [0, 0.05) is 23.7 Å². The number of carboxylic acids is 1. The zero-order valence-corrected chi connectivity index (χ0v) is 11.1. The van der Waals surface area contributed by atoms with E-state index >= 15 is 0 Å². The van der Waals surface area contributed by atoms with E-state index in [1.807, 2.05) is 13.0 Å². The van der Waals surface area contributed by atoms with Crippen LogP contribution in [0.1, 0.15) is 12.0 Å². The number of hydrogen-bond acceptors (Lipinski definition) is 3. The lowest BCUT2D eigenvalue weighted by atomic mass is 10.2. The highest BCUT2D eigenvalue weighted by Crippen LogP contribution is 2.40. The monoisotopic (exact) mass is 271 g/mol. The van der Waals surface area contributed by atoms with Gasteiger partial charge in [-0.15, -0.1) is 11.8 Å². The standard InChI is InChI=1S/C12H14ClNO2S/c1-8-6-9(13)12-10(7-8)17-5-4-14(12)3-2-11(15)16/h6-7H,2-5H2,1H3,(H,15,16). The number of rotatable bonds is 3. The fraction of sp³-hybridized carbons (Fsp3) is 0.417. The van der Waals surface area contributed by atoms with E-state index in [0.717, 1.165) is 33.5 Å². The second kappa shape index (κ2) is 5.19. The van der Waals surface area contributed by atoms with Crippen LogP contribution >= 0.6 is 23.4 Å². The molecule has 0 radical (unpaired) electrons. The van der Waals surface area contributed by atoms with Crippen LogP contribution in [0.4, 0.5) is 5.69 Å². The van der Waals surface area contributed by atoms with Gasteiger partial charge in [0.1, 0.15) is 0 Å². The maximum Gasteiger partial charge on any atom is 0.305 e. The van der Waals surface area contributed by atoms with Gasteiger partial charge in [-0.05, 0) is 24.6 Å². The minimum atomic E-state index is -0.770. The molecule has 92 valence electrons. The largest absolute Gasteiger partial charge is 0.481 e. The lowest BCUT2D eigenvalue weighted by Gasteiger charge is -2.31. The molecule has 0 atom stereocenters. The summed E-state index contributed by atoms with van der Waals surface area (Å²) in [5.74, 6) is 0.208. The van der Waals surface area contributed by atoms with Crippen molar-refractivity contribution in [2.75, 3.05) is 23.7 Å². The second-order valence-electron chi connectivity index (χ2n) is 4.07. The Morgan fingerprint density at radius 3 is 3.06 bits per heavy atom. The van der Waals surface area contributed by atoms with E-state index in [1.165, 1.54) is 0 Å². The third-order valence-corrected chi connectivity index (χ3v) is 4.00. The Morgan fingerprint density at radius 2 is 2.35 bits per heavy atom. The van der Waals surface area contributed by atoms with Crippen LogP contribution in [0.25, 0.3) is 0 Å². The van der Waals surface area contributed by atoms with E-state index in [-0.39, 0.29) is 6.42 Å². The van der Waals surface area contributed by atoms with Crippen molar-refractivity contribution in [1.29, 1.82) is 0 Å². The Hall–Kier alpha value is -0.870. The molecule has 3 nitrogen and oxygen atoms in total. The third kappa shape index (κ3) is 2.87. The van der Waals surface area contributed by atoms with Crippen molar-refractivity contribution in [1.82, 2.24) is 0 Å². The van der Waals surface area contributed by atoms with Crippen LogP contribution in [0.15, 0.2) is 17.0 Å². The number of carboxylic acid groups (broad SMARTS) is 1. The van der Waals surface area contributed by atoms with Gasteiger partial charge in [-0.3, -0.25) is 4.79 Å². The van der Waals surface area contributed by atoms with Crippen LogP contribution < -0.4 is 4.90 Å². The Kier molecular flexibility index (Phi) is 3.84. The van der Waals surface area contributed by atoms with E-state index in [2.05, 4.69) is 11.0 Å². The molecule has 1 N–H and O–H groups in total. The molecule has 0 amide bonds. The molecule has 0 aromatic heterocycles. The fourth-order valence-corrected chi connectivity index (χ4v) is 3.58. The molecule has 2 rings (SSSR count). The smallest absolute Gasteiger partial charge is 0.305 e. The van der Waals surface area contributed by atoms with Crippen molar-refractivity contribution >= 4 is 35.0 Å². The summed E-state index contributed by atoms with van der Waals surface area (Å²) in [7, 11) is 0. The van der Waals surface area contributed by atoms with Crippen LogP contribution in [-0.2, 0) is 4.79 Å². The van der Waals surface area contributed by atoms with Gasteiger partial charge in [0.2, 0.25) is 0 Å². The topological polar surface area (TPSA) is 40.5 Å². The van der Waals surface area contributed by atoms with Crippen molar-refractivity contribution in [2.45, 2.75) is 18.2 Å². The SMILES string of the molecule is Cc1cc(Cl)c2c(c1)SCCN2CCC(=O)O. The lowest BCUT2D eigenvalue weighted by molar-refractivity contribution is -0.136. The summed E-state index contributed by atoms with van der Waals surface area (Å²) >= 11 is 8.04. The van der Waals surface area contributed by atoms with Gasteiger partial charge in [0.05, 0.1) is 17.1 Å². The number of nitrogens with zero attached hydrogens (tertiary/aromatic N) is 1. The molecule has 5 heteroatoms. The molecule has 0 unspecified atom stereocenters. The Labute approximate surface area is 110 Å². The van der Waals surface area contributed by atoms with Crippen molar-refractivity contribution in [3.05, 3.63) is 22.7 Å². The molecule has 17 heavy (non-hydrogen) atoms. The Balaban J connectivity index is 2.27. The molecule has 1 heterocycles. The Morgan fingerprint density at radius 1 is 1.59 bits per heavy atom. The highest BCUT2D eigenvalue weighted by atomic mass is 35.5. The van der Waals surface area contributed by atoms with Crippen LogP contribution in [0.3, 0.4) is 0 Å². The number of aryl methyl sites for hydroxylation is 1. The number of benzene rings is 1. The summed E-state index contributed by atoms with van der Waals surface area (Å²) < 4.78 is 0. The molecule has 0 fully saturated rings. The molecule has 0 spiro atoms. The predicted octanol–water partition coefficient (Wildman–Crippen LogP) is 3.04. The number of hydrogen-bond donors (Lipinski definition) is 1. The third-order valence-electron chi connectivity index (χ3n) is 2.70. The minimum absolute atomic E-state index is 0.147. The van der Waals surface area contributed by atoms with Crippen molar-refractivity contribution in [2.24, 2.45) is 0 Å². The summed E-state index contributed by atoms with van der Waals surface area (Å²) in [5, 5.41) is 9.46. The average Bonchev–Trinajstić information content (AvgIpc) is 2.25. The molecular weight excluding hydrogens is 258 g/mol. The van der Waals surface area contributed by atoms with Gasteiger partial charge >= 0.3 is 5.97 Å². The van der Waals surface area contributed by atoms with Crippen molar-refractivity contribution in [3.63, 3.8) is 0 Å². The first-order valence-electron chi connectivity index (χ1n) is 5.47. The summed E-state index contributed by atoms with van der Waals surface area (Å²) in [4.78, 5) is 13.9. The van der Waals surface area contributed by atoms with Gasteiger partial charge in [-0.2, -0.15) is 0 Å². The average molecular weight is 272 g/mol. The van der Waals surface area contributed by atoms with E-state index in [4.69, 9.17) is 16.7 Å². The maximum atomic E-state index is 10.6. The number of anilines is 1. The zero-order valence-electron chi connectivity index (χ0n) is 9.57. The summed E-state index contributed by atoms with van der Waals surface area (Å²) in [5.41, 5.74) is 2.14. The molecule has 0 saturated carbocycles. The van der Waals surface area contributed by atoms with Crippen molar-refractivity contribution < 1.29 is 9.90 Å². The normalized spacial score (nSPS) is 14.6. The molecule has 1 aliphatic rings. The van der Waals surface area contributed by atoms with Gasteiger partial charge < -0.3 is 10.0 Å². The van der Waals surface area contributed by atoms with Gasteiger partial charge in [-0.25, -0.2) is 0 Å². The molecule has 1 aliphatic heterocycles. The molecular formula is C12H14ClNO2S. The van der Waals surface area contributed by atoms with Crippen LogP contribution in [-0.4, -0.2) is 29.9 Å². The van der Waals surface area contributed by atoms with Crippen LogP contribution in [0, 0.1) is 6.92 Å². The number of halogens is 1. The van der Waals surface area contributed by atoms with Gasteiger partial charge in [-0.1, -0.05) is 11.6 Å². The first kappa shape index (κ1) is 12.6. The van der Waals surface area contributed by atoms with Crippen LogP contribution in [0.2, 0.25) is 5.02 Å². The lowest BCUT2D eigenvalue weighted by Crippen LogP contribution is -2.31. The molecule has 1 aromatic carbocycles. The molecule has 0 bridgehead atoms. The predicted molar refractivity (Wildman–Crippen MR) is 71.4 cm³/mol. The van der Waals surface area contributed by atoms with E-state index in [1.54, 1.807) is 11.8 Å². The summed E-state index contributed by atoms with van der Waals surface area (Å²) in [6, 6.07) is 4.04. The number of carbonyl (C=O) groups is 1. The van der Waals surface area contributed by atoms with Gasteiger partial charge in [0.25, 0.3) is 0 Å². The fourth-order valence-electron chi connectivity index (χ4n) is 1.95. The minimum Gasteiger partial charge on any atom is -0.481 e. The summed E-state index contributed by atoms with van der Waals surface area (Å²) in [6.45, 7) is 3.39. The highest BCUT2D eigenvalue weighted by molar-refractivity contribution is 7.99. The summed E-state index contributed by atoms with van der Waals surface area (Å²) in [6.07, 6.45) is 0.147. The van der Waals surface area contributed by atoms with Crippen LogP contribution in [0.5, 0.6) is 0 Å². The molecule has 1 aromatic rings. The van der Waals surface area contributed by atoms with Crippen molar-refractivity contribution in [3.8, 4) is 0 Å². The zero-order chi connectivity index (χ0) is 12.4. The van der Waals surface area contributed by atoms with E-state index in [0.29, 0.717) is 6.54 Å². The maximum absolute atomic E-state index is 10.6. The number of aliphatic carboxylic acids is 1. The van der Waals surface area contributed by atoms with E-state index in [9.17, 15) is 4.79 Å². The van der Waals surface area contributed by atoms with E-state index < -0.39 is 5.97 Å². The molecule has 0 saturated heterocycles. The number of thioether (sulfide) groups is 1. The van der Waals surface area contributed by atoms with Gasteiger partial charge in [0.15, 0.2) is 0 Å².